The van der Waals surface area contributed by atoms with Crippen molar-refractivity contribution in [2.75, 3.05) is 19.6 Å². The Morgan fingerprint density at radius 3 is 2.67 bits per heavy atom. The molecule has 2 heterocycles. The number of amides is 2. The number of nitrogens with one attached hydrogen (secondary N) is 1. The smallest absolute Gasteiger partial charge is 0.227 e. The van der Waals surface area contributed by atoms with E-state index in [9.17, 15) is 9.59 Å². The van der Waals surface area contributed by atoms with Crippen molar-refractivity contribution in [3.05, 3.63) is 0 Å². The van der Waals surface area contributed by atoms with E-state index in [-0.39, 0.29) is 17.7 Å². The van der Waals surface area contributed by atoms with Gasteiger partial charge >= 0.3 is 0 Å². The summed E-state index contributed by atoms with van der Waals surface area (Å²) in [4.78, 5) is 25.6. The van der Waals surface area contributed by atoms with E-state index in [2.05, 4.69) is 5.32 Å². The van der Waals surface area contributed by atoms with E-state index in [1.54, 1.807) is 0 Å². The summed E-state index contributed by atoms with van der Waals surface area (Å²) >= 11 is 0. The van der Waals surface area contributed by atoms with Crippen LogP contribution in [0.2, 0.25) is 0 Å². The molecule has 3 unspecified atom stereocenters. The topological polar surface area (TPSA) is 49.4 Å². The summed E-state index contributed by atoms with van der Waals surface area (Å²) in [6.07, 6.45) is 6.91. The van der Waals surface area contributed by atoms with Gasteiger partial charge in [0.05, 0.1) is 5.92 Å². The zero-order chi connectivity index (χ0) is 12.5. The maximum absolute atomic E-state index is 12.4. The molecule has 0 aromatic rings. The molecule has 2 saturated heterocycles. The Hall–Kier alpha value is -1.06. The molecule has 0 spiro atoms. The molecule has 0 aromatic heterocycles. The number of fused-ring (bicyclic) bond motifs is 1. The fourth-order valence-electron chi connectivity index (χ4n) is 3.84. The van der Waals surface area contributed by atoms with Gasteiger partial charge in [-0.15, -0.1) is 0 Å². The fraction of sp³-hybridized carbons (Fsp3) is 0.857. The molecule has 18 heavy (non-hydrogen) atoms. The molecule has 3 rings (SSSR count). The van der Waals surface area contributed by atoms with Crippen molar-refractivity contribution in [2.24, 2.45) is 17.8 Å². The number of piperidine rings is 1. The van der Waals surface area contributed by atoms with E-state index in [0.717, 1.165) is 24.9 Å². The molecular formula is C14H22N2O2. The Labute approximate surface area is 108 Å². The Morgan fingerprint density at radius 2 is 1.94 bits per heavy atom. The van der Waals surface area contributed by atoms with Gasteiger partial charge in [-0.1, -0.05) is 19.3 Å². The number of hydrogen-bond donors (Lipinski definition) is 1. The molecule has 3 aliphatic rings. The summed E-state index contributed by atoms with van der Waals surface area (Å²) in [6, 6.07) is 0. The Balaban J connectivity index is 1.60. The SMILES string of the molecule is O=C1CC(C(=O)N2CCC3CCCCC3C2)CN1. The number of nitrogens with zero attached hydrogens (tertiary/aromatic N) is 1. The maximum atomic E-state index is 12.4. The molecule has 4 heteroatoms. The van der Waals surface area contributed by atoms with Crippen molar-refractivity contribution in [3.63, 3.8) is 0 Å². The van der Waals surface area contributed by atoms with Crippen LogP contribution in [-0.2, 0) is 9.59 Å². The van der Waals surface area contributed by atoms with E-state index in [0.29, 0.717) is 13.0 Å². The zero-order valence-electron chi connectivity index (χ0n) is 10.9. The molecule has 0 radical (unpaired) electrons. The third-order valence-corrected chi connectivity index (χ3v) is 4.93. The second-order valence-electron chi connectivity index (χ2n) is 6.08. The minimum atomic E-state index is -0.0994. The van der Waals surface area contributed by atoms with Crippen LogP contribution >= 0.6 is 0 Å². The van der Waals surface area contributed by atoms with Crippen molar-refractivity contribution < 1.29 is 9.59 Å². The lowest BCUT2D eigenvalue weighted by Crippen LogP contribution is -2.47. The lowest BCUT2D eigenvalue weighted by atomic mass is 9.75. The first-order valence-electron chi connectivity index (χ1n) is 7.29. The highest BCUT2D eigenvalue weighted by molar-refractivity contribution is 5.89. The number of rotatable bonds is 1. The summed E-state index contributed by atoms with van der Waals surface area (Å²) in [6.45, 7) is 2.39. The highest BCUT2D eigenvalue weighted by atomic mass is 16.2. The summed E-state index contributed by atoms with van der Waals surface area (Å²) in [5, 5.41) is 2.76. The first-order valence-corrected chi connectivity index (χ1v) is 7.29. The summed E-state index contributed by atoms with van der Waals surface area (Å²) in [5.74, 6) is 1.71. The van der Waals surface area contributed by atoms with Crippen molar-refractivity contribution in [1.82, 2.24) is 10.2 Å². The molecule has 4 nitrogen and oxygen atoms in total. The largest absolute Gasteiger partial charge is 0.355 e. The van der Waals surface area contributed by atoms with E-state index >= 15 is 0 Å². The third kappa shape index (κ3) is 2.25. The molecule has 2 amide bonds. The van der Waals surface area contributed by atoms with E-state index < -0.39 is 0 Å². The lowest BCUT2D eigenvalue weighted by Gasteiger charge is -2.42. The first-order chi connectivity index (χ1) is 8.74. The second kappa shape index (κ2) is 4.90. The van der Waals surface area contributed by atoms with Crippen LogP contribution in [0, 0.1) is 17.8 Å². The third-order valence-electron chi connectivity index (χ3n) is 4.93. The standard InChI is InChI=1S/C14H22N2O2/c17-13-7-12(8-15-13)14(18)16-6-5-10-3-1-2-4-11(10)9-16/h10-12H,1-9H2,(H,15,17). The van der Waals surface area contributed by atoms with Crippen LogP contribution in [0.3, 0.4) is 0 Å². The maximum Gasteiger partial charge on any atom is 0.227 e. The molecular weight excluding hydrogens is 228 g/mol. The monoisotopic (exact) mass is 250 g/mol. The van der Waals surface area contributed by atoms with Crippen molar-refractivity contribution in [2.45, 2.75) is 38.5 Å². The number of carbonyl (C=O) groups is 2. The first kappa shape index (κ1) is 12.0. The molecule has 1 N–H and O–H groups in total. The second-order valence-corrected chi connectivity index (χ2v) is 6.08. The minimum absolute atomic E-state index is 0.0286. The van der Waals surface area contributed by atoms with Gasteiger partial charge in [0.25, 0.3) is 0 Å². The molecule has 1 saturated carbocycles. The molecule has 0 bridgehead atoms. The van der Waals surface area contributed by atoms with Gasteiger partial charge in [-0.25, -0.2) is 0 Å². The van der Waals surface area contributed by atoms with Gasteiger partial charge in [0.15, 0.2) is 0 Å². The normalized spacial score (nSPS) is 36.1. The average Bonchev–Trinajstić information content (AvgIpc) is 2.84. The molecule has 3 atom stereocenters. The highest BCUT2D eigenvalue weighted by Gasteiger charge is 2.37. The Bertz CT molecular complexity index is 356. The van der Waals surface area contributed by atoms with Gasteiger partial charge in [0, 0.05) is 26.1 Å². The Morgan fingerprint density at radius 1 is 1.17 bits per heavy atom. The summed E-state index contributed by atoms with van der Waals surface area (Å²) < 4.78 is 0. The number of hydrogen-bond acceptors (Lipinski definition) is 2. The van der Waals surface area contributed by atoms with E-state index in [1.165, 1.54) is 32.1 Å². The molecule has 1 aliphatic carbocycles. The van der Waals surface area contributed by atoms with Gasteiger partial charge < -0.3 is 10.2 Å². The number of carbonyl (C=O) groups excluding carboxylic acids is 2. The van der Waals surface area contributed by atoms with Crippen LogP contribution in [0.25, 0.3) is 0 Å². The lowest BCUT2D eigenvalue weighted by molar-refractivity contribution is -0.138. The van der Waals surface area contributed by atoms with E-state index in [1.807, 2.05) is 4.90 Å². The van der Waals surface area contributed by atoms with Gasteiger partial charge in [0.1, 0.15) is 0 Å². The minimum Gasteiger partial charge on any atom is -0.355 e. The number of likely N-dealkylation sites (tertiary alicyclic amines) is 1. The van der Waals surface area contributed by atoms with Crippen LogP contribution in [0.15, 0.2) is 0 Å². The average molecular weight is 250 g/mol. The van der Waals surface area contributed by atoms with Crippen LogP contribution < -0.4 is 5.32 Å². The fourth-order valence-corrected chi connectivity index (χ4v) is 3.84. The quantitative estimate of drug-likeness (QED) is 0.759. The molecule has 100 valence electrons. The predicted octanol–water partition coefficient (Wildman–Crippen LogP) is 1.16. The summed E-state index contributed by atoms with van der Waals surface area (Å²) in [7, 11) is 0. The van der Waals surface area contributed by atoms with Gasteiger partial charge in [-0.3, -0.25) is 9.59 Å². The van der Waals surface area contributed by atoms with Gasteiger partial charge in [0.2, 0.25) is 11.8 Å². The van der Waals surface area contributed by atoms with Crippen LogP contribution in [0.5, 0.6) is 0 Å². The highest BCUT2D eigenvalue weighted by Crippen LogP contribution is 2.36. The van der Waals surface area contributed by atoms with Crippen LogP contribution in [0.4, 0.5) is 0 Å². The van der Waals surface area contributed by atoms with Crippen molar-refractivity contribution in [1.29, 1.82) is 0 Å². The Kier molecular flexibility index (Phi) is 3.27. The van der Waals surface area contributed by atoms with Crippen LogP contribution in [-0.4, -0.2) is 36.3 Å². The predicted molar refractivity (Wildman–Crippen MR) is 67.8 cm³/mol. The van der Waals surface area contributed by atoms with Crippen molar-refractivity contribution in [3.8, 4) is 0 Å². The van der Waals surface area contributed by atoms with E-state index in [4.69, 9.17) is 0 Å². The molecule has 3 fully saturated rings. The van der Waals surface area contributed by atoms with Crippen LogP contribution in [0.1, 0.15) is 38.5 Å². The van der Waals surface area contributed by atoms with Crippen molar-refractivity contribution >= 4 is 11.8 Å². The van der Waals surface area contributed by atoms with Gasteiger partial charge in [-0.2, -0.15) is 0 Å². The molecule has 0 aromatic carbocycles. The van der Waals surface area contributed by atoms with Gasteiger partial charge in [-0.05, 0) is 24.7 Å². The summed E-state index contributed by atoms with van der Waals surface area (Å²) in [5.41, 5.74) is 0. The molecule has 2 aliphatic heterocycles. The zero-order valence-corrected chi connectivity index (χ0v) is 10.9.